The van der Waals surface area contributed by atoms with Crippen molar-refractivity contribution in [1.29, 1.82) is 0 Å². The van der Waals surface area contributed by atoms with E-state index in [0.29, 0.717) is 11.7 Å². The van der Waals surface area contributed by atoms with Crippen LogP contribution in [0.1, 0.15) is 18.4 Å². The van der Waals surface area contributed by atoms with Gasteiger partial charge in [0, 0.05) is 6.54 Å². The van der Waals surface area contributed by atoms with Gasteiger partial charge in [-0.25, -0.2) is 9.07 Å². The van der Waals surface area contributed by atoms with Gasteiger partial charge in [0.2, 0.25) is 11.1 Å². The number of hydrogen-bond donors (Lipinski definition) is 2. The zero-order chi connectivity index (χ0) is 19.2. The molecule has 8 heteroatoms. The predicted molar refractivity (Wildman–Crippen MR) is 104 cm³/mol. The molecule has 0 fully saturated rings. The van der Waals surface area contributed by atoms with Gasteiger partial charge >= 0.3 is 0 Å². The normalized spacial score (nSPS) is 11.9. The minimum absolute atomic E-state index is 0.127. The van der Waals surface area contributed by atoms with Gasteiger partial charge in [-0.1, -0.05) is 61.2 Å². The first kappa shape index (κ1) is 18.9. The van der Waals surface area contributed by atoms with Crippen molar-refractivity contribution in [3.8, 4) is 11.4 Å². The highest BCUT2D eigenvalue weighted by atomic mass is 32.2. The fourth-order valence-corrected chi connectivity index (χ4v) is 3.24. The average molecular weight is 385 g/mol. The van der Waals surface area contributed by atoms with Crippen LogP contribution in [0.15, 0.2) is 59.8 Å². The third-order valence-corrected chi connectivity index (χ3v) is 5.03. The van der Waals surface area contributed by atoms with E-state index < -0.39 is 5.82 Å². The van der Waals surface area contributed by atoms with Gasteiger partial charge in [0.05, 0.1) is 11.3 Å². The van der Waals surface area contributed by atoms with Gasteiger partial charge in [-0.15, -0.1) is 10.2 Å². The van der Waals surface area contributed by atoms with Crippen molar-refractivity contribution in [2.45, 2.75) is 18.0 Å². The van der Waals surface area contributed by atoms with E-state index in [0.717, 1.165) is 11.8 Å². The van der Waals surface area contributed by atoms with E-state index in [1.165, 1.54) is 16.3 Å². The predicted octanol–water partition coefficient (Wildman–Crippen LogP) is 2.81. The second kappa shape index (κ2) is 8.68. The molecular formula is C19H20FN5OS. The SMILES string of the molecule is C[C@@H](CNC(=O)CSc1nnc(-c2ccccc2F)n1N)c1ccccc1. The molecule has 140 valence electrons. The van der Waals surface area contributed by atoms with E-state index in [9.17, 15) is 9.18 Å². The molecule has 1 atom stereocenters. The van der Waals surface area contributed by atoms with Crippen LogP contribution in [0.5, 0.6) is 0 Å². The summed E-state index contributed by atoms with van der Waals surface area (Å²) in [4.78, 5) is 12.1. The highest BCUT2D eigenvalue weighted by Gasteiger charge is 2.16. The summed E-state index contributed by atoms with van der Waals surface area (Å²) in [6.07, 6.45) is 0. The molecule has 3 N–H and O–H groups in total. The first-order valence-corrected chi connectivity index (χ1v) is 9.44. The van der Waals surface area contributed by atoms with E-state index in [1.807, 2.05) is 30.3 Å². The first-order valence-electron chi connectivity index (χ1n) is 8.46. The minimum atomic E-state index is -0.430. The van der Waals surface area contributed by atoms with Crippen LogP contribution in [0.25, 0.3) is 11.4 Å². The number of nitrogens with one attached hydrogen (secondary N) is 1. The molecule has 1 aromatic heterocycles. The van der Waals surface area contributed by atoms with E-state index in [4.69, 9.17) is 5.84 Å². The lowest BCUT2D eigenvalue weighted by molar-refractivity contribution is -0.118. The molecule has 6 nitrogen and oxygen atoms in total. The second-order valence-corrected chi connectivity index (χ2v) is 7.00. The molecule has 0 saturated carbocycles. The summed E-state index contributed by atoms with van der Waals surface area (Å²) in [6.45, 7) is 2.60. The summed E-state index contributed by atoms with van der Waals surface area (Å²) in [5.74, 6) is 5.98. The van der Waals surface area contributed by atoms with Crippen LogP contribution in [-0.4, -0.2) is 33.1 Å². The van der Waals surface area contributed by atoms with Crippen molar-refractivity contribution in [1.82, 2.24) is 20.2 Å². The molecular weight excluding hydrogens is 365 g/mol. The van der Waals surface area contributed by atoms with Crippen molar-refractivity contribution in [3.63, 3.8) is 0 Å². The lowest BCUT2D eigenvalue weighted by Crippen LogP contribution is -2.29. The third kappa shape index (κ3) is 4.65. The van der Waals surface area contributed by atoms with E-state index in [2.05, 4.69) is 22.4 Å². The Kier molecular flexibility index (Phi) is 6.08. The number of nitrogen functional groups attached to an aromatic ring is 1. The molecule has 3 aromatic rings. The fourth-order valence-electron chi connectivity index (χ4n) is 2.55. The molecule has 2 aromatic carbocycles. The van der Waals surface area contributed by atoms with Crippen molar-refractivity contribution in [2.75, 3.05) is 18.1 Å². The highest BCUT2D eigenvalue weighted by Crippen LogP contribution is 2.23. The zero-order valence-corrected chi connectivity index (χ0v) is 15.6. The maximum absolute atomic E-state index is 13.9. The zero-order valence-electron chi connectivity index (χ0n) is 14.8. The largest absolute Gasteiger partial charge is 0.355 e. The Morgan fingerprint density at radius 2 is 1.89 bits per heavy atom. The Balaban J connectivity index is 1.54. The lowest BCUT2D eigenvalue weighted by Gasteiger charge is -2.12. The molecule has 0 aliphatic carbocycles. The van der Waals surface area contributed by atoms with Gasteiger partial charge < -0.3 is 11.2 Å². The molecule has 0 radical (unpaired) electrons. The Bertz CT molecular complexity index is 915. The summed E-state index contributed by atoms with van der Waals surface area (Å²) < 4.78 is 15.1. The maximum atomic E-state index is 13.9. The van der Waals surface area contributed by atoms with Gasteiger partial charge in [-0.05, 0) is 23.6 Å². The highest BCUT2D eigenvalue weighted by molar-refractivity contribution is 7.99. The van der Waals surface area contributed by atoms with Gasteiger partial charge in [0.1, 0.15) is 5.82 Å². The number of carbonyl (C=O) groups excluding carboxylic acids is 1. The first-order chi connectivity index (χ1) is 13.1. The number of carbonyl (C=O) groups is 1. The number of halogens is 1. The number of amides is 1. The van der Waals surface area contributed by atoms with Gasteiger partial charge in [0.15, 0.2) is 5.82 Å². The molecule has 0 saturated heterocycles. The van der Waals surface area contributed by atoms with Crippen LogP contribution in [0, 0.1) is 5.82 Å². The molecule has 0 spiro atoms. The summed E-state index contributed by atoms with van der Waals surface area (Å²) in [7, 11) is 0. The monoisotopic (exact) mass is 385 g/mol. The smallest absolute Gasteiger partial charge is 0.230 e. The second-order valence-electron chi connectivity index (χ2n) is 6.06. The Morgan fingerprint density at radius 1 is 1.19 bits per heavy atom. The average Bonchev–Trinajstić information content (AvgIpc) is 3.06. The Hall–Kier alpha value is -2.87. The minimum Gasteiger partial charge on any atom is -0.355 e. The molecule has 3 rings (SSSR count). The number of nitrogens with two attached hydrogens (primary N) is 1. The quantitative estimate of drug-likeness (QED) is 0.482. The van der Waals surface area contributed by atoms with Crippen LogP contribution in [0.3, 0.4) is 0 Å². The molecule has 0 bridgehead atoms. The van der Waals surface area contributed by atoms with Crippen LogP contribution in [0.4, 0.5) is 4.39 Å². The topological polar surface area (TPSA) is 85.8 Å². The van der Waals surface area contributed by atoms with Crippen molar-refractivity contribution in [2.24, 2.45) is 0 Å². The van der Waals surface area contributed by atoms with Gasteiger partial charge in [-0.2, -0.15) is 0 Å². The standard InChI is InChI=1S/C19H20FN5OS/c1-13(14-7-3-2-4-8-14)11-22-17(26)12-27-19-24-23-18(25(19)21)15-9-5-6-10-16(15)20/h2-10,13H,11-12,21H2,1H3,(H,22,26)/t13-/m0/s1. The van der Waals surface area contributed by atoms with Crippen molar-refractivity contribution >= 4 is 17.7 Å². The number of nitrogens with zero attached hydrogens (tertiary/aromatic N) is 3. The maximum Gasteiger partial charge on any atom is 0.230 e. The molecule has 0 aliphatic rings. The Morgan fingerprint density at radius 3 is 2.63 bits per heavy atom. The molecule has 0 aliphatic heterocycles. The van der Waals surface area contributed by atoms with E-state index >= 15 is 0 Å². The number of benzene rings is 2. The van der Waals surface area contributed by atoms with Crippen LogP contribution in [0.2, 0.25) is 0 Å². The molecule has 1 amide bonds. The lowest BCUT2D eigenvalue weighted by atomic mass is 10.0. The number of hydrogen-bond acceptors (Lipinski definition) is 5. The number of thioether (sulfide) groups is 1. The molecule has 1 heterocycles. The van der Waals surface area contributed by atoms with Crippen LogP contribution >= 0.6 is 11.8 Å². The van der Waals surface area contributed by atoms with Crippen molar-refractivity contribution in [3.05, 3.63) is 66.0 Å². The van der Waals surface area contributed by atoms with Crippen LogP contribution in [-0.2, 0) is 4.79 Å². The van der Waals surface area contributed by atoms with Crippen LogP contribution < -0.4 is 11.2 Å². The third-order valence-electron chi connectivity index (χ3n) is 4.09. The fraction of sp³-hybridized carbons (Fsp3) is 0.211. The van der Waals surface area contributed by atoms with Gasteiger partial charge in [0.25, 0.3) is 0 Å². The number of rotatable bonds is 7. The summed E-state index contributed by atoms with van der Waals surface area (Å²) in [5.41, 5.74) is 1.43. The number of aromatic nitrogens is 3. The summed E-state index contributed by atoms with van der Waals surface area (Å²) in [5, 5.41) is 11.1. The van der Waals surface area contributed by atoms with E-state index in [1.54, 1.807) is 18.2 Å². The van der Waals surface area contributed by atoms with Crippen molar-refractivity contribution < 1.29 is 9.18 Å². The summed E-state index contributed by atoms with van der Waals surface area (Å²) >= 11 is 1.15. The Labute approximate surface area is 161 Å². The summed E-state index contributed by atoms with van der Waals surface area (Å²) in [6, 6.07) is 16.2. The molecule has 27 heavy (non-hydrogen) atoms. The van der Waals surface area contributed by atoms with E-state index in [-0.39, 0.29) is 29.0 Å². The van der Waals surface area contributed by atoms with Gasteiger partial charge in [-0.3, -0.25) is 4.79 Å². The molecule has 0 unspecified atom stereocenters.